The Morgan fingerprint density at radius 3 is 1.77 bits per heavy atom. The number of hydrogen-bond donors (Lipinski definition) is 1. The van der Waals surface area contributed by atoms with E-state index in [4.69, 9.17) is 10.5 Å². The van der Waals surface area contributed by atoms with Gasteiger partial charge in [0.05, 0.1) is 19.1 Å². The van der Waals surface area contributed by atoms with Gasteiger partial charge in [0.15, 0.2) is 0 Å². The molecule has 156 valence electrons. The van der Waals surface area contributed by atoms with Gasteiger partial charge >= 0.3 is 5.97 Å². The maximum absolute atomic E-state index is 11.8. The third-order valence-electron chi connectivity index (χ3n) is 5.53. The Morgan fingerprint density at radius 1 is 0.903 bits per heavy atom. The lowest BCUT2D eigenvalue weighted by atomic mass is 9.77. The molecule has 0 unspecified atom stereocenters. The Hall–Kier alpha value is -3.70. The Bertz CT molecular complexity index is 1030. The zero-order valence-electron chi connectivity index (χ0n) is 17.4. The van der Waals surface area contributed by atoms with E-state index >= 15 is 0 Å². The molecular weight excluding hydrogens is 386 g/mol. The number of nitrogens with two attached hydrogens (primary N) is 1. The zero-order valence-corrected chi connectivity index (χ0v) is 17.4. The third kappa shape index (κ3) is 3.88. The van der Waals surface area contributed by atoms with Crippen LogP contribution in [0.15, 0.2) is 104 Å². The molecule has 31 heavy (non-hydrogen) atoms. The van der Waals surface area contributed by atoms with Gasteiger partial charge in [0.2, 0.25) is 0 Å². The summed E-state index contributed by atoms with van der Waals surface area (Å²) in [6.07, 6.45) is 4.08. The molecule has 0 bridgehead atoms. The lowest BCUT2D eigenvalue weighted by Crippen LogP contribution is -2.37. The van der Waals surface area contributed by atoms with Crippen molar-refractivity contribution in [2.24, 2.45) is 5.73 Å². The van der Waals surface area contributed by atoms with Crippen molar-refractivity contribution in [1.29, 1.82) is 0 Å². The third-order valence-corrected chi connectivity index (χ3v) is 5.53. The minimum atomic E-state index is -0.757. The zero-order chi connectivity index (χ0) is 21.7. The van der Waals surface area contributed by atoms with E-state index in [1.54, 1.807) is 0 Å². The van der Waals surface area contributed by atoms with Crippen molar-refractivity contribution in [2.75, 3.05) is 7.11 Å². The lowest BCUT2D eigenvalue weighted by molar-refractivity contribution is -0.142. The molecule has 5 heteroatoms. The van der Waals surface area contributed by atoms with Gasteiger partial charge in [-0.05, 0) is 16.7 Å². The first kappa shape index (κ1) is 20.6. The molecule has 3 aromatic carbocycles. The van der Waals surface area contributed by atoms with Gasteiger partial charge in [-0.25, -0.2) is 4.98 Å². The van der Waals surface area contributed by atoms with Crippen LogP contribution in [0, 0.1) is 0 Å². The van der Waals surface area contributed by atoms with Crippen molar-refractivity contribution in [3.05, 3.63) is 126 Å². The van der Waals surface area contributed by atoms with Crippen LogP contribution in [0.5, 0.6) is 0 Å². The van der Waals surface area contributed by atoms with Gasteiger partial charge in [-0.2, -0.15) is 0 Å². The summed E-state index contributed by atoms with van der Waals surface area (Å²) in [6.45, 7) is 0. The highest BCUT2D eigenvalue weighted by atomic mass is 16.5. The van der Waals surface area contributed by atoms with Gasteiger partial charge in [0.25, 0.3) is 0 Å². The SMILES string of the molecule is COC(=O)[C@@H](N)Cc1cn(C(c2ccccc2)(c2ccccc2)c2ccccc2)cn1. The van der Waals surface area contributed by atoms with Gasteiger partial charge < -0.3 is 15.0 Å². The molecule has 0 aliphatic carbocycles. The molecule has 5 nitrogen and oxygen atoms in total. The highest BCUT2D eigenvalue weighted by Crippen LogP contribution is 2.40. The van der Waals surface area contributed by atoms with Gasteiger partial charge in [-0.3, -0.25) is 4.79 Å². The second-order valence-corrected chi connectivity index (χ2v) is 7.41. The maximum atomic E-state index is 11.8. The first-order valence-corrected chi connectivity index (χ1v) is 10.2. The monoisotopic (exact) mass is 411 g/mol. The summed E-state index contributed by atoms with van der Waals surface area (Å²) in [5.41, 5.74) is 9.40. The lowest BCUT2D eigenvalue weighted by Gasteiger charge is -2.37. The first-order chi connectivity index (χ1) is 15.2. The summed E-state index contributed by atoms with van der Waals surface area (Å²) < 4.78 is 6.87. The van der Waals surface area contributed by atoms with Crippen LogP contribution in [0.3, 0.4) is 0 Å². The van der Waals surface area contributed by atoms with E-state index in [0.29, 0.717) is 6.42 Å². The molecule has 0 radical (unpaired) electrons. The summed E-state index contributed by atoms with van der Waals surface area (Å²) in [7, 11) is 1.34. The summed E-state index contributed by atoms with van der Waals surface area (Å²) in [5.74, 6) is -0.449. The molecule has 1 aromatic heterocycles. The van der Waals surface area contributed by atoms with E-state index in [9.17, 15) is 4.79 Å². The Kier molecular flexibility index (Phi) is 5.96. The van der Waals surface area contributed by atoms with E-state index in [1.807, 2.05) is 67.1 Å². The van der Waals surface area contributed by atoms with Crippen molar-refractivity contribution in [1.82, 2.24) is 9.55 Å². The molecule has 0 amide bonds. The van der Waals surface area contributed by atoms with Crippen LogP contribution in [0.1, 0.15) is 22.4 Å². The predicted octanol–water partition coefficient (Wildman–Crippen LogP) is 3.77. The molecule has 0 aliphatic heterocycles. The van der Waals surface area contributed by atoms with E-state index in [-0.39, 0.29) is 0 Å². The number of methoxy groups -OCH3 is 1. The van der Waals surface area contributed by atoms with Crippen molar-refractivity contribution < 1.29 is 9.53 Å². The van der Waals surface area contributed by atoms with Crippen molar-refractivity contribution in [3.8, 4) is 0 Å². The number of imidazole rings is 1. The van der Waals surface area contributed by atoms with Crippen molar-refractivity contribution in [2.45, 2.75) is 18.0 Å². The fraction of sp³-hybridized carbons (Fsp3) is 0.154. The summed E-state index contributed by atoms with van der Waals surface area (Å²) in [5, 5.41) is 0. The Labute approximate surface area is 182 Å². The molecule has 0 saturated heterocycles. The summed E-state index contributed by atoms with van der Waals surface area (Å²) >= 11 is 0. The standard InChI is InChI=1S/C26H25N3O2/c1-31-25(30)24(27)17-23-18-29(19-28-23)26(20-11-5-2-6-12-20,21-13-7-3-8-14-21)22-15-9-4-10-16-22/h2-16,18-19,24H,17,27H2,1H3/t24-/m0/s1. The van der Waals surface area contributed by atoms with E-state index in [0.717, 1.165) is 22.4 Å². The second kappa shape index (κ2) is 8.98. The maximum Gasteiger partial charge on any atom is 0.323 e. The number of esters is 1. The Morgan fingerprint density at radius 2 is 1.35 bits per heavy atom. The topological polar surface area (TPSA) is 70.1 Å². The number of ether oxygens (including phenoxy) is 1. The van der Waals surface area contributed by atoms with Crippen LogP contribution in [0.25, 0.3) is 0 Å². The number of carbonyl (C=O) groups is 1. The number of benzene rings is 3. The predicted molar refractivity (Wildman–Crippen MR) is 121 cm³/mol. The Balaban J connectivity index is 1.93. The average molecular weight is 412 g/mol. The molecule has 4 rings (SSSR count). The van der Waals surface area contributed by atoms with Gasteiger partial charge in [0, 0.05) is 12.6 Å². The summed E-state index contributed by atoms with van der Waals surface area (Å²) in [4.78, 5) is 16.4. The minimum Gasteiger partial charge on any atom is -0.468 e. The molecule has 2 N–H and O–H groups in total. The number of hydrogen-bond acceptors (Lipinski definition) is 4. The fourth-order valence-electron chi connectivity index (χ4n) is 4.10. The van der Waals surface area contributed by atoms with Crippen LogP contribution in [-0.2, 0) is 21.5 Å². The highest BCUT2D eigenvalue weighted by Gasteiger charge is 2.38. The number of aromatic nitrogens is 2. The highest BCUT2D eigenvalue weighted by molar-refractivity contribution is 5.75. The second-order valence-electron chi connectivity index (χ2n) is 7.41. The van der Waals surface area contributed by atoms with Crippen molar-refractivity contribution in [3.63, 3.8) is 0 Å². The molecule has 0 aliphatic rings. The molecule has 4 aromatic rings. The number of rotatable bonds is 7. The van der Waals surface area contributed by atoms with Gasteiger partial charge in [-0.15, -0.1) is 0 Å². The van der Waals surface area contributed by atoms with Gasteiger partial charge in [-0.1, -0.05) is 91.0 Å². The van der Waals surface area contributed by atoms with Crippen LogP contribution in [0.4, 0.5) is 0 Å². The largest absolute Gasteiger partial charge is 0.468 e. The van der Waals surface area contributed by atoms with Gasteiger partial charge in [0.1, 0.15) is 11.6 Å². The molecular formula is C26H25N3O2. The van der Waals surface area contributed by atoms with E-state index in [2.05, 4.69) is 45.9 Å². The summed E-state index contributed by atoms with van der Waals surface area (Å²) in [6, 6.07) is 30.3. The molecule has 1 atom stereocenters. The van der Waals surface area contributed by atoms with E-state index in [1.165, 1.54) is 7.11 Å². The smallest absolute Gasteiger partial charge is 0.323 e. The minimum absolute atomic E-state index is 0.300. The van der Waals surface area contributed by atoms with Crippen molar-refractivity contribution >= 4 is 5.97 Å². The molecule has 1 heterocycles. The van der Waals surface area contributed by atoms with Crippen LogP contribution >= 0.6 is 0 Å². The average Bonchev–Trinajstić information content (AvgIpc) is 3.29. The van der Waals surface area contributed by atoms with Crippen LogP contribution in [0.2, 0.25) is 0 Å². The van der Waals surface area contributed by atoms with Crippen LogP contribution in [-0.4, -0.2) is 28.7 Å². The molecule has 0 saturated carbocycles. The fourth-order valence-corrected chi connectivity index (χ4v) is 4.10. The molecule has 0 fully saturated rings. The quantitative estimate of drug-likeness (QED) is 0.371. The van der Waals surface area contributed by atoms with E-state index < -0.39 is 17.6 Å². The van der Waals surface area contributed by atoms with Crippen LogP contribution < -0.4 is 5.73 Å². The number of nitrogens with zero attached hydrogens (tertiary/aromatic N) is 2. The number of carbonyl (C=O) groups excluding carboxylic acids is 1. The molecule has 0 spiro atoms. The first-order valence-electron chi connectivity index (χ1n) is 10.2. The normalized spacial score (nSPS) is 12.3.